The average molecular weight is 331 g/mol. The van der Waals surface area contributed by atoms with Gasteiger partial charge in [-0.1, -0.05) is 42.5 Å². The summed E-state index contributed by atoms with van der Waals surface area (Å²) in [6, 6.07) is 17.7. The maximum absolute atomic E-state index is 12.2. The van der Waals surface area contributed by atoms with Crippen molar-refractivity contribution >= 4 is 31.4 Å². The van der Waals surface area contributed by atoms with Gasteiger partial charge in [0.15, 0.2) is 9.84 Å². The molecule has 1 heterocycles. The highest BCUT2D eigenvalue weighted by Crippen LogP contribution is 2.23. The fourth-order valence-corrected chi connectivity index (χ4v) is 5.09. The highest BCUT2D eigenvalue weighted by molar-refractivity contribution is 7.90. The van der Waals surface area contributed by atoms with Gasteiger partial charge in [-0.05, 0) is 30.5 Å². The van der Waals surface area contributed by atoms with Gasteiger partial charge in [0.25, 0.3) is 0 Å². The molecule has 2 aromatic carbocycles. The zero-order valence-corrected chi connectivity index (χ0v) is 13.7. The Morgan fingerprint density at radius 3 is 2.45 bits per heavy atom. The topological polar surface area (TPSA) is 47.0 Å². The van der Waals surface area contributed by atoms with E-state index in [0.29, 0.717) is 11.4 Å². The predicted octanol–water partition coefficient (Wildman–Crippen LogP) is 3.84. The van der Waals surface area contributed by atoms with Crippen LogP contribution in [0.5, 0.6) is 0 Å². The van der Waals surface area contributed by atoms with E-state index >= 15 is 0 Å². The minimum Gasteiger partial charge on any atom is -0.240 e. The molecule has 0 amide bonds. The third kappa shape index (κ3) is 3.93. The van der Waals surface area contributed by atoms with E-state index in [4.69, 9.17) is 0 Å². The summed E-state index contributed by atoms with van der Waals surface area (Å²) in [5, 5.41) is 0.681. The molecule has 0 radical (unpaired) electrons. The van der Waals surface area contributed by atoms with Crippen LogP contribution in [-0.2, 0) is 22.0 Å². The molecular weight excluding hydrogens is 314 g/mol. The van der Waals surface area contributed by atoms with Gasteiger partial charge in [-0.15, -0.1) is 11.3 Å². The Morgan fingerprint density at radius 2 is 1.68 bits per heavy atom. The van der Waals surface area contributed by atoms with Gasteiger partial charge in [0.05, 0.1) is 16.0 Å². The quantitative estimate of drug-likeness (QED) is 0.689. The molecule has 0 atom stereocenters. The molecule has 3 nitrogen and oxygen atoms in total. The molecule has 1 aromatic heterocycles. The van der Waals surface area contributed by atoms with E-state index in [9.17, 15) is 8.42 Å². The Labute approximate surface area is 134 Å². The van der Waals surface area contributed by atoms with Crippen molar-refractivity contribution in [2.45, 2.75) is 18.6 Å². The summed E-state index contributed by atoms with van der Waals surface area (Å²) in [7, 11) is -3.10. The third-order valence-corrected chi connectivity index (χ3v) is 6.29. The molecule has 0 saturated heterocycles. The summed E-state index contributed by atoms with van der Waals surface area (Å²) in [5.74, 6) is 0.249. The van der Waals surface area contributed by atoms with Crippen molar-refractivity contribution < 1.29 is 8.42 Å². The molecule has 0 aliphatic heterocycles. The summed E-state index contributed by atoms with van der Waals surface area (Å²) in [6.07, 6.45) is 1.44. The van der Waals surface area contributed by atoms with Crippen LogP contribution in [0.2, 0.25) is 0 Å². The van der Waals surface area contributed by atoms with Crippen molar-refractivity contribution in [2.75, 3.05) is 5.75 Å². The molecule has 5 heteroatoms. The Bertz CT molecular complexity index is 822. The molecule has 0 unspecified atom stereocenters. The largest absolute Gasteiger partial charge is 0.240 e. The van der Waals surface area contributed by atoms with Crippen LogP contribution in [0, 0.1) is 0 Å². The molecule has 0 aliphatic rings. The summed E-state index contributed by atoms with van der Waals surface area (Å²) < 4.78 is 25.5. The van der Waals surface area contributed by atoms with Gasteiger partial charge < -0.3 is 0 Å². The lowest BCUT2D eigenvalue weighted by atomic mass is 10.1. The van der Waals surface area contributed by atoms with E-state index < -0.39 is 9.84 Å². The van der Waals surface area contributed by atoms with Crippen molar-refractivity contribution in [3.05, 3.63) is 65.2 Å². The number of nitrogens with zero attached hydrogens (tertiary/aromatic N) is 1. The lowest BCUT2D eigenvalue weighted by molar-refractivity contribution is 0.592. The fraction of sp³-hybridized carbons (Fsp3) is 0.235. The summed E-state index contributed by atoms with van der Waals surface area (Å²) in [6.45, 7) is 0. The van der Waals surface area contributed by atoms with Gasteiger partial charge in [-0.3, -0.25) is 0 Å². The Kier molecular flexibility index (Phi) is 4.55. The number of aryl methyl sites for hydroxylation is 1. The third-order valence-electron chi connectivity index (χ3n) is 3.45. The highest BCUT2D eigenvalue weighted by Gasteiger charge is 2.15. The number of hydrogen-bond acceptors (Lipinski definition) is 4. The second-order valence-electron chi connectivity index (χ2n) is 5.26. The van der Waals surface area contributed by atoms with Crippen LogP contribution in [0.3, 0.4) is 0 Å². The van der Waals surface area contributed by atoms with Crippen molar-refractivity contribution in [3.8, 4) is 0 Å². The zero-order valence-electron chi connectivity index (χ0n) is 12.1. The van der Waals surface area contributed by atoms with E-state index in [1.807, 2.05) is 54.6 Å². The van der Waals surface area contributed by atoms with Crippen molar-refractivity contribution in [1.82, 2.24) is 4.98 Å². The van der Waals surface area contributed by atoms with Crippen molar-refractivity contribution in [3.63, 3.8) is 0 Å². The van der Waals surface area contributed by atoms with Gasteiger partial charge in [0, 0.05) is 0 Å². The van der Waals surface area contributed by atoms with E-state index in [-0.39, 0.29) is 11.5 Å². The molecular formula is C17H17NO2S2. The number of thiazole rings is 1. The molecule has 0 fully saturated rings. The minimum atomic E-state index is -3.10. The van der Waals surface area contributed by atoms with Crippen LogP contribution in [0.4, 0.5) is 0 Å². The number of benzene rings is 2. The van der Waals surface area contributed by atoms with Crippen LogP contribution in [0.25, 0.3) is 10.2 Å². The summed E-state index contributed by atoms with van der Waals surface area (Å²) in [4.78, 5) is 4.40. The fourth-order valence-electron chi connectivity index (χ4n) is 2.38. The number of aromatic nitrogens is 1. The molecule has 0 saturated carbocycles. The first-order chi connectivity index (χ1) is 10.6. The van der Waals surface area contributed by atoms with Crippen LogP contribution in [0.1, 0.15) is 17.0 Å². The van der Waals surface area contributed by atoms with Crippen molar-refractivity contribution in [1.29, 1.82) is 0 Å². The number of sulfone groups is 1. The smallest absolute Gasteiger partial charge is 0.156 e. The van der Waals surface area contributed by atoms with Gasteiger partial charge in [0.1, 0.15) is 10.8 Å². The van der Waals surface area contributed by atoms with E-state index in [1.165, 1.54) is 16.9 Å². The summed E-state index contributed by atoms with van der Waals surface area (Å²) >= 11 is 1.46. The first-order valence-corrected chi connectivity index (χ1v) is 9.85. The second-order valence-corrected chi connectivity index (χ2v) is 8.56. The zero-order chi connectivity index (χ0) is 15.4. The lowest BCUT2D eigenvalue weighted by Gasteiger charge is -2.03. The Hall–Kier alpha value is -1.72. The molecule has 3 aromatic rings. The number of hydrogen-bond donors (Lipinski definition) is 0. The van der Waals surface area contributed by atoms with Crippen LogP contribution >= 0.6 is 11.3 Å². The first-order valence-electron chi connectivity index (χ1n) is 7.21. The molecule has 0 spiro atoms. The highest BCUT2D eigenvalue weighted by atomic mass is 32.2. The Balaban J connectivity index is 1.61. The van der Waals surface area contributed by atoms with Gasteiger partial charge in [-0.2, -0.15) is 0 Å². The first kappa shape index (κ1) is 15.2. The number of rotatable bonds is 6. The monoisotopic (exact) mass is 331 g/mol. The van der Waals surface area contributed by atoms with Crippen LogP contribution in [-0.4, -0.2) is 19.2 Å². The summed E-state index contributed by atoms with van der Waals surface area (Å²) in [5.41, 5.74) is 2.06. The number of para-hydroxylation sites is 1. The number of fused-ring (bicyclic) bond motifs is 1. The molecule has 0 bridgehead atoms. The standard InChI is InChI=1S/C17H17NO2S2/c19-22(20,12-6-9-14-7-2-1-3-8-14)13-17-18-15-10-4-5-11-16(15)21-17/h1-5,7-8,10-11H,6,9,12-13H2. The van der Waals surface area contributed by atoms with Crippen LogP contribution < -0.4 is 0 Å². The van der Waals surface area contributed by atoms with Crippen molar-refractivity contribution in [2.24, 2.45) is 0 Å². The lowest BCUT2D eigenvalue weighted by Crippen LogP contribution is -2.10. The molecule has 0 N–H and O–H groups in total. The molecule has 0 aliphatic carbocycles. The van der Waals surface area contributed by atoms with Gasteiger partial charge in [0.2, 0.25) is 0 Å². The molecule has 22 heavy (non-hydrogen) atoms. The van der Waals surface area contributed by atoms with Gasteiger partial charge in [-0.25, -0.2) is 13.4 Å². The van der Waals surface area contributed by atoms with Gasteiger partial charge >= 0.3 is 0 Å². The molecule has 114 valence electrons. The van der Waals surface area contributed by atoms with E-state index in [0.717, 1.165) is 16.6 Å². The van der Waals surface area contributed by atoms with E-state index in [1.54, 1.807) is 0 Å². The maximum Gasteiger partial charge on any atom is 0.156 e. The second kappa shape index (κ2) is 6.58. The Morgan fingerprint density at radius 1 is 0.955 bits per heavy atom. The van der Waals surface area contributed by atoms with Crippen LogP contribution in [0.15, 0.2) is 54.6 Å². The predicted molar refractivity (Wildman–Crippen MR) is 91.9 cm³/mol. The van der Waals surface area contributed by atoms with E-state index in [2.05, 4.69) is 4.98 Å². The minimum absolute atomic E-state index is 0.0428. The SMILES string of the molecule is O=S(=O)(CCCc1ccccc1)Cc1nc2ccccc2s1. The molecule has 3 rings (SSSR count). The normalized spacial score (nSPS) is 11.8. The maximum atomic E-state index is 12.2. The average Bonchev–Trinajstić information content (AvgIpc) is 2.89.